The molecule has 3 heteroatoms. The highest BCUT2D eigenvalue weighted by Crippen LogP contribution is 2.33. The fourth-order valence-electron chi connectivity index (χ4n) is 2.68. The van der Waals surface area contributed by atoms with E-state index in [0.717, 1.165) is 19.8 Å². The predicted molar refractivity (Wildman–Crippen MR) is 66.7 cm³/mol. The molecule has 0 aliphatic carbocycles. The second-order valence-electron chi connectivity index (χ2n) is 5.69. The van der Waals surface area contributed by atoms with Crippen LogP contribution in [0.2, 0.25) is 0 Å². The molecule has 1 unspecified atom stereocenters. The SMILES string of the molecule is CCC1(C)CCN(CC2COCCN2)CC1. The zero-order chi connectivity index (χ0) is 11.4. The summed E-state index contributed by atoms with van der Waals surface area (Å²) in [6.07, 6.45) is 4.04. The first-order valence-electron chi connectivity index (χ1n) is 6.75. The molecule has 2 fully saturated rings. The van der Waals surface area contributed by atoms with Crippen molar-refractivity contribution < 1.29 is 4.74 Å². The number of hydrogen-bond acceptors (Lipinski definition) is 3. The number of hydrogen-bond donors (Lipinski definition) is 1. The van der Waals surface area contributed by atoms with Crippen LogP contribution in [0.15, 0.2) is 0 Å². The molecule has 2 aliphatic heterocycles. The van der Waals surface area contributed by atoms with Crippen molar-refractivity contribution in [3.8, 4) is 0 Å². The van der Waals surface area contributed by atoms with E-state index in [1.54, 1.807) is 0 Å². The second kappa shape index (κ2) is 5.48. The molecule has 0 aromatic heterocycles. The van der Waals surface area contributed by atoms with E-state index in [1.165, 1.54) is 38.9 Å². The van der Waals surface area contributed by atoms with Gasteiger partial charge in [-0.25, -0.2) is 0 Å². The quantitative estimate of drug-likeness (QED) is 0.789. The first-order valence-corrected chi connectivity index (χ1v) is 6.75. The highest BCUT2D eigenvalue weighted by atomic mass is 16.5. The summed E-state index contributed by atoms with van der Waals surface area (Å²) in [5.74, 6) is 0. The summed E-state index contributed by atoms with van der Waals surface area (Å²) in [5, 5.41) is 3.53. The van der Waals surface area contributed by atoms with Gasteiger partial charge in [0.15, 0.2) is 0 Å². The van der Waals surface area contributed by atoms with Crippen molar-refractivity contribution in [1.29, 1.82) is 0 Å². The lowest BCUT2D eigenvalue weighted by Gasteiger charge is -2.40. The van der Waals surface area contributed by atoms with E-state index in [9.17, 15) is 0 Å². The maximum Gasteiger partial charge on any atom is 0.0632 e. The second-order valence-corrected chi connectivity index (χ2v) is 5.69. The van der Waals surface area contributed by atoms with Crippen molar-refractivity contribution in [1.82, 2.24) is 10.2 Å². The summed E-state index contributed by atoms with van der Waals surface area (Å²) < 4.78 is 5.50. The van der Waals surface area contributed by atoms with Crippen LogP contribution in [0.25, 0.3) is 0 Å². The van der Waals surface area contributed by atoms with Crippen molar-refractivity contribution in [2.45, 2.75) is 39.2 Å². The molecule has 0 radical (unpaired) electrons. The monoisotopic (exact) mass is 226 g/mol. The van der Waals surface area contributed by atoms with Crippen LogP contribution in [0.1, 0.15) is 33.1 Å². The largest absolute Gasteiger partial charge is 0.378 e. The number of piperidine rings is 1. The van der Waals surface area contributed by atoms with Crippen molar-refractivity contribution >= 4 is 0 Å². The van der Waals surface area contributed by atoms with Crippen molar-refractivity contribution in [3.63, 3.8) is 0 Å². The van der Waals surface area contributed by atoms with Crippen LogP contribution in [0, 0.1) is 5.41 Å². The van der Waals surface area contributed by atoms with E-state index < -0.39 is 0 Å². The van der Waals surface area contributed by atoms with E-state index in [2.05, 4.69) is 24.1 Å². The zero-order valence-electron chi connectivity index (χ0n) is 10.8. The Hall–Kier alpha value is -0.120. The van der Waals surface area contributed by atoms with Crippen molar-refractivity contribution in [2.24, 2.45) is 5.41 Å². The molecule has 0 saturated carbocycles. The van der Waals surface area contributed by atoms with Gasteiger partial charge in [-0.2, -0.15) is 0 Å². The van der Waals surface area contributed by atoms with Crippen LogP contribution in [0.4, 0.5) is 0 Å². The molecule has 0 bridgehead atoms. The minimum Gasteiger partial charge on any atom is -0.378 e. The molecular formula is C13H26N2O. The molecule has 2 rings (SSSR count). The van der Waals surface area contributed by atoms with Gasteiger partial charge < -0.3 is 15.0 Å². The summed E-state index contributed by atoms with van der Waals surface area (Å²) in [4.78, 5) is 2.60. The van der Waals surface area contributed by atoms with E-state index in [1.807, 2.05) is 0 Å². The van der Waals surface area contributed by atoms with Crippen LogP contribution in [-0.4, -0.2) is 50.3 Å². The Balaban J connectivity index is 1.72. The van der Waals surface area contributed by atoms with Gasteiger partial charge >= 0.3 is 0 Å². The average Bonchev–Trinajstić information content (AvgIpc) is 2.34. The van der Waals surface area contributed by atoms with E-state index in [-0.39, 0.29) is 0 Å². The molecule has 0 aromatic rings. The molecule has 2 aliphatic rings. The Morgan fingerprint density at radius 3 is 2.69 bits per heavy atom. The van der Waals surface area contributed by atoms with E-state index >= 15 is 0 Å². The van der Waals surface area contributed by atoms with E-state index in [4.69, 9.17) is 4.74 Å². The van der Waals surface area contributed by atoms with Crippen LogP contribution in [0.5, 0.6) is 0 Å². The Bertz CT molecular complexity index is 206. The number of ether oxygens (including phenoxy) is 1. The van der Waals surface area contributed by atoms with Gasteiger partial charge in [0.05, 0.1) is 13.2 Å². The van der Waals surface area contributed by atoms with Gasteiger partial charge in [-0.15, -0.1) is 0 Å². The lowest BCUT2D eigenvalue weighted by atomic mass is 9.78. The minimum absolute atomic E-state index is 0.555. The summed E-state index contributed by atoms with van der Waals surface area (Å²) >= 11 is 0. The van der Waals surface area contributed by atoms with Crippen LogP contribution >= 0.6 is 0 Å². The lowest BCUT2D eigenvalue weighted by Crippen LogP contribution is -2.50. The molecule has 94 valence electrons. The molecule has 0 aromatic carbocycles. The molecule has 2 saturated heterocycles. The first-order chi connectivity index (χ1) is 7.72. The molecule has 16 heavy (non-hydrogen) atoms. The lowest BCUT2D eigenvalue weighted by molar-refractivity contribution is 0.0462. The van der Waals surface area contributed by atoms with Gasteiger partial charge in [0.1, 0.15) is 0 Å². The molecule has 0 amide bonds. The summed E-state index contributed by atoms with van der Waals surface area (Å²) in [5.41, 5.74) is 0.604. The summed E-state index contributed by atoms with van der Waals surface area (Å²) in [7, 11) is 0. The highest BCUT2D eigenvalue weighted by molar-refractivity contribution is 4.84. The van der Waals surface area contributed by atoms with Gasteiger partial charge in [0, 0.05) is 19.1 Å². The maximum absolute atomic E-state index is 5.50. The fourth-order valence-corrected chi connectivity index (χ4v) is 2.68. The standard InChI is InChI=1S/C13H26N2O/c1-3-13(2)4-7-15(8-5-13)10-12-11-16-9-6-14-12/h12,14H,3-11H2,1-2H3. The topological polar surface area (TPSA) is 24.5 Å². The molecular weight excluding hydrogens is 200 g/mol. The maximum atomic E-state index is 5.50. The Morgan fingerprint density at radius 2 is 2.12 bits per heavy atom. The third-order valence-electron chi connectivity index (χ3n) is 4.39. The van der Waals surface area contributed by atoms with Gasteiger partial charge in [0.25, 0.3) is 0 Å². The minimum atomic E-state index is 0.555. The summed E-state index contributed by atoms with van der Waals surface area (Å²) in [6, 6.07) is 0.555. The highest BCUT2D eigenvalue weighted by Gasteiger charge is 2.29. The summed E-state index contributed by atoms with van der Waals surface area (Å²) in [6.45, 7) is 11.3. The molecule has 2 heterocycles. The zero-order valence-corrected chi connectivity index (χ0v) is 10.8. The van der Waals surface area contributed by atoms with Crippen molar-refractivity contribution in [3.05, 3.63) is 0 Å². The number of nitrogens with one attached hydrogen (secondary N) is 1. The third kappa shape index (κ3) is 3.19. The first kappa shape index (κ1) is 12.3. The van der Waals surface area contributed by atoms with Gasteiger partial charge in [-0.1, -0.05) is 20.3 Å². The van der Waals surface area contributed by atoms with Gasteiger partial charge in [-0.3, -0.25) is 0 Å². The van der Waals surface area contributed by atoms with Crippen molar-refractivity contribution in [2.75, 3.05) is 39.4 Å². The molecule has 1 N–H and O–H groups in total. The Kier molecular flexibility index (Phi) is 4.22. The number of nitrogens with zero attached hydrogens (tertiary/aromatic N) is 1. The third-order valence-corrected chi connectivity index (χ3v) is 4.39. The Morgan fingerprint density at radius 1 is 1.38 bits per heavy atom. The average molecular weight is 226 g/mol. The normalized spacial score (nSPS) is 31.5. The van der Waals surface area contributed by atoms with Crippen LogP contribution in [0.3, 0.4) is 0 Å². The molecule has 1 atom stereocenters. The van der Waals surface area contributed by atoms with E-state index in [0.29, 0.717) is 11.5 Å². The number of morpholine rings is 1. The van der Waals surface area contributed by atoms with Crippen LogP contribution in [-0.2, 0) is 4.74 Å². The number of likely N-dealkylation sites (tertiary alicyclic amines) is 1. The van der Waals surface area contributed by atoms with Gasteiger partial charge in [-0.05, 0) is 31.3 Å². The molecule has 3 nitrogen and oxygen atoms in total. The molecule has 0 spiro atoms. The predicted octanol–water partition coefficient (Wildman–Crippen LogP) is 1.49. The van der Waals surface area contributed by atoms with Gasteiger partial charge in [0.2, 0.25) is 0 Å². The Labute approximate surface area is 99.5 Å². The smallest absolute Gasteiger partial charge is 0.0632 e. The fraction of sp³-hybridized carbons (Fsp3) is 1.00. The number of rotatable bonds is 3. The van der Waals surface area contributed by atoms with Crippen LogP contribution < -0.4 is 5.32 Å².